The van der Waals surface area contributed by atoms with Crippen molar-refractivity contribution in [1.29, 1.82) is 0 Å². The molecule has 1 N–H and O–H groups in total. The number of hydrogen-bond acceptors (Lipinski definition) is 5. The number of benzene rings is 1. The molecule has 0 unspecified atom stereocenters. The van der Waals surface area contributed by atoms with Crippen molar-refractivity contribution in [2.75, 3.05) is 13.1 Å². The zero-order valence-corrected chi connectivity index (χ0v) is 10.6. The largest absolute Gasteiger partial charge is 0.393 e. The van der Waals surface area contributed by atoms with E-state index < -0.39 is 0 Å². The number of hydrogen-bond donors (Lipinski definition) is 1. The zero-order chi connectivity index (χ0) is 13.2. The lowest BCUT2D eigenvalue weighted by Crippen LogP contribution is -2.40. The van der Waals surface area contributed by atoms with Crippen LogP contribution in [0.5, 0.6) is 0 Å². The number of nitrogens with zero attached hydrogens (tertiary/aromatic N) is 4. The molecule has 0 spiro atoms. The maximum absolute atomic E-state index is 12.3. The van der Waals surface area contributed by atoms with Gasteiger partial charge in [-0.15, -0.1) is 5.10 Å². The van der Waals surface area contributed by atoms with Crippen molar-refractivity contribution in [2.45, 2.75) is 25.6 Å². The maximum Gasteiger partial charge on any atom is 0.278 e. The Morgan fingerprint density at radius 1 is 1.26 bits per heavy atom. The summed E-state index contributed by atoms with van der Waals surface area (Å²) in [6.45, 7) is 1.99. The van der Waals surface area contributed by atoms with Gasteiger partial charge in [0.05, 0.1) is 18.2 Å². The zero-order valence-electron chi connectivity index (χ0n) is 10.6. The molecule has 0 aliphatic carbocycles. The minimum absolute atomic E-state index is 0.114. The molecule has 0 atom stereocenters. The number of fused-ring (bicyclic) bond motifs is 1. The van der Waals surface area contributed by atoms with Crippen LogP contribution in [0.2, 0.25) is 0 Å². The molecule has 2 heterocycles. The average Bonchev–Trinajstić information content (AvgIpc) is 2.45. The van der Waals surface area contributed by atoms with E-state index in [1.807, 2.05) is 12.1 Å². The molecular formula is C13H16N4O2. The summed E-state index contributed by atoms with van der Waals surface area (Å²) >= 11 is 0. The second kappa shape index (κ2) is 5.07. The van der Waals surface area contributed by atoms with Crippen molar-refractivity contribution < 1.29 is 5.11 Å². The Morgan fingerprint density at radius 2 is 2.00 bits per heavy atom. The number of aliphatic hydroxyl groups excluding tert-OH is 1. The third-order valence-electron chi connectivity index (χ3n) is 3.52. The van der Waals surface area contributed by atoms with Crippen molar-refractivity contribution in [1.82, 2.24) is 19.9 Å². The first-order valence-corrected chi connectivity index (χ1v) is 6.47. The Morgan fingerprint density at radius 3 is 2.79 bits per heavy atom. The highest BCUT2D eigenvalue weighted by Crippen LogP contribution is 2.10. The average molecular weight is 260 g/mol. The van der Waals surface area contributed by atoms with Gasteiger partial charge in [-0.05, 0) is 25.0 Å². The Kier molecular flexibility index (Phi) is 3.27. The van der Waals surface area contributed by atoms with Crippen molar-refractivity contribution in [3.05, 3.63) is 34.6 Å². The lowest BCUT2D eigenvalue weighted by molar-refractivity contribution is 0.0639. The molecule has 1 saturated heterocycles. The molecule has 19 heavy (non-hydrogen) atoms. The Hall–Kier alpha value is -1.79. The van der Waals surface area contributed by atoms with Gasteiger partial charge in [0.1, 0.15) is 5.52 Å². The molecule has 3 rings (SSSR count). The first-order valence-electron chi connectivity index (χ1n) is 6.47. The lowest BCUT2D eigenvalue weighted by atomic mass is 10.1. The summed E-state index contributed by atoms with van der Waals surface area (Å²) in [5.74, 6) is 0. The summed E-state index contributed by atoms with van der Waals surface area (Å²) in [4.78, 5) is 14.4. The predicted molar refractivity (Wildman–Crippen MR) is 70.6 cm³/mol. The molecular weight excluding hydrogens is 244 g/mol. The number of piperidine rings is 1. The van der Waals surface area contributed by atoms with E-state index in [0.717, 1.165) is 25.9 Å². The van der Waals surface area contributed by atoms with E-state index >= 15 is 0 Å². The van der Waals surface area contributed by atoms with Gasteiger partial charge in [-0.1, -0.05) is 17.3 Å². The van der Waals surface area contributed by atoms with E-state index in [0.29, 0.717) is 17.6 Å². The Bertz CT molecular complexity index is 632. The number of rotatable bonds is 2. The van der Waals surface area contributed by atoms with Crippen LogP contribution in [0.15, 0.2) is 29.1 Å². The molecule has 0 amide bonds. The summed E-state index contributed by atoms with van der Waals surface area (Å²) in [5, 5.41) is 18.1. The fourth-order valence-corrected chi connectivity index (χ4v) is 2.37. The Balaban J connectivity index is 1.85. The Labute approximate surface area is 110 Å². The van der Waals surface area contributed by atoms with Gasteiger partial charge in [0, 0.05) is 13.1 Å². The SMILES string of the molecule is O=c1c2ccccc2nnn1CN1CCC(O)CC1. The van der Waals surface area contributed by atoms with E-state index in [4.69, 9.17) is 0 Å². The first kappa shape index (κ1) is 12.3. The molecule has 0 saturated carbocycles. The number of aromatic nitrogens is 3. The van der Waals surface area contributed by atoms with Crippen LogP contribution in [0.3, 0.4) is 0 Å². The van der Waals surface area contributed by atoms with Gasteiger partial charge in [0.15, 0.2) is 0 Å². The molecule has 6 nitrogen and oxygen atoms in total. The van der Waals surface area contributed by atoms with E-state index in [1.165, 1.54) is 4.68 Å². The van der Waals surface area contributed by atoms with E-state index in [1.54, 1.807) is 12.1 Å². The monoisotopic (exact) mass is 260 g/mol. The molecule has 100 valence electrons. The van der Waals surface area contributed by atoms with Gasteiger partial charge in [0.2, 0.25) is 0 Å². The first-order chi connectivity index (χ1) is 9.24. The van der Waals surface area contributed by atoms with Crippen LogP contribution in [-0.4, -0.2) is 44.2 Å². The van der Waals surface area contributed by atoms with Crippen LogP contribution < -0.4 is 5.56 Å². The molecule has 1 aliphatic heterocycles. The molecule has 1 aromatic carbocycles. The predicted octanol–water partition coefficient (Wildman–Crippen LogP) is 0.206. The second-order valence-corrected chi connectivity index (χ2v) is 4.90. The van der Waals surface area contributed by atoms with Gasteiger partial charge in [-0.3, -0.25) is 9.69 Å². The summed E-state index contributed by atoms with van der Waals surface area (Å²) in [7, 11) is 0. The molecule has 1 aromatic heterocycles. The lowest BCUT2D eigenvalue weighted by Gasteiger charge is -2.29. The van der Waals surface area contributed by atoms with E-state index in [2.05, 4.69) is 15.2 Å². The van der Waals surface area contributed by atoms with Gasteiger partial charge in [-0.25, -0.2) is 0 Å². The smallest absolute Gasteiger partial charge is 0.278 e. The minimum atomic E-state index is -0.212. The second-order valence-electron chi connectivity index (χ2n) is 4.90. The van der Waals surface area contributed by atoms with Crippen molar-refractivity contribution >= 4 is 10.9 Å². The van der Waals surface area contributed by atoms with Gasteiger partial charge >= 0.3 is 0 Å². The van der Waals surface area contributed by atoms with Crippen LogP contribution in [0.4, 0.5) is 0 Å². The summed E-state index contributed by atoms with van der Waals surface area (Å²) in [5.41, 5.74) is 0.509. The van der Waals surface area contributed by atoms with E-state index in [-0.39, 0.29) is 11.7 Å². The standard InChI is InChI=1S/C13H16N4O2/c18-10-5-7-16(8-6-10)9-17-13(19)11-3-1-2-4-12(11)14-15-17/h1-4,10,18H,5-9H2. The summed E-state index contributed by atoms with van der Waals surface area (Å²) < 4.78 is 1.39. The molecule has 2 aromatic rings. The highest BCUT2D eigenvalue weighted by atomic mass is 16.3. The van der Waals surface area contributed by atoms with Crippen LogP contribution in [0.1, 0.15) is 12.8 Å². The highest BCUT2D eigenvalue weighted by Gasteiger charge is 2.18. The third-order valence-corrected chi connectivity index (χ3v) is 3.52. The van der Waals surface area contributed by atoms with Gasteiger partial charge < -0.3 is 5.11 Å². The molecule has 1 aliphatic rings. The quantitative estimate of drug-likeness (QED) is 0.835. The highest BCUT2D eigenvalue weighted by molar-refractivity contribution is 5.76. The molecule has 0 bridgehead atoms. The molecule has 1 fully saturated rings. The van der Waals surface area contributed by atoms with Crippen LogP contribution in [-0.2, 0) is 6.67 Å². The fourth-order valence-electron chi connectivity index (χ4n) is 2.37. The normalized spacial score (nSPS) is 17.9. The van der Waals surface area contributed by atoms with Gasteiger partial charge in [-0.2, -0.15) is 4.68 Å². The van der Waals surface area contributed by atoms with Crippen LogP contribution in [0, 0.1) is 0 Å². The van der Waals surface area contributed by atoms with Crippen LogP contribution in [0.25, 0.3) is 10.9 Å². The summed E-state index contributed by atoms with van der Waals surface area (Å²) in [6.07, 6.45) is 1.28. The van der Waals surface area contributed by atoms with E-state index in [9.17, 15) is 9.90 Å². The van der Waals surface area contributed by atoms with Crippen molar-refractivity contribution in [3.63, 3.8) is 0 Å². The van der Waals surface area contributed by atoms with Gasteiger partial charge in [0.25, 0.3) is 5.56 Å². The van der Waals surface area contributed by atoms with Crippen molar-refractivity contribution in [2.24, 2.45) is 0 Å². The maximum atomic E-state index is 12.3. The van der Waals surface area contributed by atoms with Crippen molar-refractivity contribution in [3.8, 4) is 0 Å². The third kappa shape index (κ3) is 2.50. The molecule has 6 heteroatoms. The van der Waals surface area contributed by atoms with Crippen LogP contribution >= 0.6 is 0 Å². The molecule has 0 radical (unpaired) electrons. The topological polar surface area (TPSA) is 71.2 Å². The minimum Gasteiger partial charge on any atom is -0.393 e. The fraction of sp³-hybridized carbons (Fsp3) is 0.462. The number of aliphatic hydroxyl groups is 1. The number of likely N-dealkylation sites (tertiary alicyclic amines) is 1. The summed E-state index contributed by atoms with van der Waals surface area (Å²) in [6, 6.07) is 7.22.